The predicted octanol–water partition coefficient (Wildman–Crippen LogP) is 2.96. The zero-order valence-electron chi connectivity index (χ0n) is 10.5. The summed E-state index contributed by atoms with van der Waals surface area (Å²) in [5, 5.41) is 0. The highest BCUT2D eigenvalue weighted by molar-refractivity contribution is 7.98. The van der Waals surface area contributed by atoms with Gasteiger partial charge >= 0.3 is 0 Å². The van der Waals surface area contributed by atoms with Crippen molar-refractivity contribution < 1.29 is 8.42 Å². The summed E-state index contributed by atoms with van der Waals surface area (Å²) in [5.74, 6) is 0.809. The summed E-state index contributed by atoms with van der Waals surface area (Å²) in [6.45, 7) is 0. The number of rotatable bonds is 4. The van der Waals surface area contributed by atoms with Gasteiger partial charge < -0.3 is 5.73 Å². The highest BCUT2D eigenvalue weighted by Crippen LogP contribution is 2.29. The first kappa shape index (κ1) is 14.0. The van der Waals surface area contributed by atoms with E-state index in [1.54, 1.807) is 23.9 Å². The summed E-state index contributed by atoms with van der Waals surface area (Å²) < 4.78 is 22.8. The van der Waals surface area contributed by atoms with Crippen molar-refractivity contribution in [1.82, 2.24) is 0 Å². The van der Waals surface area contributed by atoms with Crippen molar-refractivity contribution in [3.63, 3.8) is 0 Å². The second-order valence-corrected chi connectivity index (χ2v) is 7.28. The van der Waals surface area contributed by atoms with Crippen LogP contribution < -0.4 is 5.73 Å². The molecule has 2 N–H and O–H groups in total. The van der Waals surface area contributed by atoms with Crippen LogP contribution in [0.25, 0.3) is 0 Å². The molecule has 2 aromatic rings. The number of nitrogen functional groups attached to an aromatic ring is 1. The Morgan fingerprint density at radius 1 is 1.11 bits per heavy atom. The summed E-state index contributed by atoms with van der Waals surface area (Å²) in [7, 11) is -3.20. The van der Waals surface area contributed by atoms with Crippen LogP contribution in [-0.4, -0.2) is 14.7 Å². The molecule has 0 radical (unpaired) electrons. The van der Waals surface area contributed by atoms with Crippen molar-refractivity contribution in [2.24, 2.45) is 0 Å². The minimum Gasteiger partial charge on any atom is -0.398 e. The fourth-order valence-corrected chi connectivity index (χ4v) is 3.18. The number of benzene rings is 2. The second kappa shape index (κ2) is 5.67. The lowest BCUT2D eigenvalue weighted by Gasteiger charge is -2.07. The van der Waals surface area contributed by atoms with E-state index in [1.165, 1.54) is 17.9 Å². The Labute approximate surface area is 117 Å². The molecule has 19 heavy (non-hydrogen) atoms. The quantitative estimate of drug-likeness (QED) is 0.695. The molecule has 2 rings (SSSR count). The number of hydrogen-bond donors (Lipinski definition) is 1. The van der Waals surface area contributed by atoms with E-state index in [1.807, 2.05) is 30.3 Å². The van der Waals surface area contributed by atoms with Crippen LogP contribution in [0.15, 0.2) is 58.3 Å². The largest absolute Gasteiger partial charge is 0.398 e. The topological polar surface area (TPSA) is 60.2 Å². The standard InChI is InChI=1S/C14H15NO2S2/c1-19(16,17)12-7-8-14(13(15)9-12)18-10-11-5-3-2-4-6-11/h2-9H,10,15H2,1H3. The van der Waals surface area contributed by atoms with Gasteiger partial charge in [0.25, 0.3) is 0 Å². The van der Waals surface area contributed by atoms with Gasteiger partial charge in [0.1, 0.15) is 0 Å². The summed E-state index contributed by atoms with van der Waals surface area (Å²) in [4.78, 5) is 1.16. The highest BCUT2D eigenvalue weighted by atomic mass is 32.2. The molecule has 0 aromatic heterocycles. The molecule has 0 spiro atoms. The molecule has 5 heteroatoms. The van der Waals surface area contributed by atoms with E-state index in [-0.39, 0.29) is 4.90 Å². The maximum Gasteiger partial charge on any atom is 0.175 e. The third-order valence-electron chi connectivity index (χ3n) is 2.65. The van der Waals surface area contributed by atoms with E-state index in [2.05, 4.69) is 0 Å². The summed E-state index contributed by atoms with van der Waals surface area (Å²) in [6, 6.07) is 14.9. The van der Waals surface area contributed by atoms with Crippen LogP contribution in [-0.2, 0) is 15.6 Å². The molecule has 0 fully saturated rings. The highest BCUT2D eigenvalue weighted by Gasteiger charge is 2.09. The molecule has 0 aliphatic heterocycles. The summed E-state index contributed by atoms with van der Waals surface area (Å²) in [5.41, 5.74) is 7.61. The molecule has 0 heterocycles. The van der Waals surface area contributed by atoms with Crippen molar-refractivity contribution in [3.8, 4) is 0 Å². The SMILES string of the molecule is CS(=O)(=O)c1ccc(SCc2ccccc2)c(N)c1. The first-order valence-corrected chi connectivity index (χ1v) is 8.61. The van der Waals surface area contributed by atoms with Crippen LogP contribution >= 0.6 is 11.8 Å². The maximum absolute atomic E-state index is 11.4. The lowest BCUT2D eigenvalue weighted by molar-refractivity contribution is 0.602. The van der Waals surface area contributed by atoms with Crippen LogP contribution in [0, 0.1) is 0 Å². The van der Waals surface area contributed by atoms with Gasteiger partial charge in [-0.05, 0) is 23.8 Å². The number of thioether (sulfide) groups is 1. The van der Waals surface area contributed by atoms with E-state index < -0.39 is 9.84 Å². The molecule has 3 nitrogen and oxygen atoms in total. The molecular weight excluding hydrogens is 278 g/mol. The first-order valence-electron chi connectivity index (χ1n) is 5.73. The van der Waals surface area contributed by atoms with Crippen molar-refractivity contribution in [2.75, 3.05) is 12.0 Å². The van der Waals surface area contributed by atoms with Crippen molar-refractivity contribution in [2.45, 2.75) is 15.5 Å². The Hall–Kier alpha value is -1.46. The minimum atomic E-state index is -3.20. The Morgan fingerprint density at radius 3 is 2.37 bits per heavy atom. The minimum absolute atomic E-state index is 0.258. The molecule has 0 saturated carbocycles. The van der Waals surface area contributed by atoms with Crippen LogP contribution in [0.5, 0.6) is 0 Å². The van der Waals surface area contributed by atoms with Gasteiger partial charge in [-0.1, -0.05) is 30.3 Å². The molecule has 0 bridgehead atoms. The average molecular weight is 293 g/mol. The molecule has 100 valence electrons. The lowest BCUT2D eigenvalue weighted by atomic mass is 10.2. The van der Waals surface area contributed by atoms with E-state index in [9.17, 15) is 8.42 Å². The van der Waals surface area contributed by atoms with Gasteiger partial charge in [-0.2, -0.15) is 0 Å². The van der Waals surface area contributed by atoms with E-state index in [0.717, 1.165) is 10.6 Å². The Bertz CT molecular complexity index is 667. The fraction of sp³-hybridized carbons (Fsp3) is 0.143. The van der Waals surface area contributed by atoms with Gasteiger partial charge in [-0.3, -0.25) is 0 Å². The Morgan fingerprint density at radius 2 is 1.79 bits per heavy atom. The molecular formula is C14H15NO2S2. The molecule has 0 atom stereocenters. The van der Waals surface area contributed by atoms with Gasteiger partial charge in [0.15, 0.2) is 9.84 Å². The fourth-order valence-electron chi connectivity index (χ4n) is 1.62. The molecule has 2 aromatic carbocycles. The summed E-state index contributed by atoms with van der Waals surface area (Å²) >= 11 is 1.60. The zero-order valence-corrected chi connectivity index (χ0v) is 12.2. The zero-order chi connectivity index (χ0) is 13.9. The van der Waals surface area contributed by atoms with Gasteiger partial charge in [-0.25, -0.2) is 8.42 Å². The van der Waals surface area contributed by atoms with Crippen molar-refractivity contribution in [3.05, 3.63) is 54.1 Å². The summed E-state index contributed by atoms with van der Waals surface area (Å²) in [6.07, 6.45) is 1.18. The van der Waals surface area contributed by atoms with Crippen LogP contribution in [0.2, 0.25) is 0 Å². The van der Waals surface area contributed by atoms with Crippen LogP contribution in [0.4, 0.5) is 5.69 Å². The van der Waals surface area contributed by atoms with Gasteiger partial charge in [0.05, 0.1) is 4.90 Å². The molecule has 0 unspecified atom stereocenters. The smallest absolute Gasteiger partial charge is 0.175 e. The average Bonchev–Trinajstić information content (AvgIpc) is 2.37. The predicted molar refractivity (Wildman–Crippen MR) is 80.0 cm³/mol. The second-order valence-electron chi connectivity index (χ2n) is 4.25. The molecule has 0 amide bonds. The van der Waals surface area contributed by atoms with E-state index in [4.69, 9.17) is 5.73 Å². The van der Waals surface area contributed by atoms with E-state index in [0.29, 0.717) is 5.69 Å². The Kier molecular flexibility index (Phi) is 4.17. The molecule has 0 saturated heterocycles. The van der Waals surface area contributed by atoms with Crippen molar-refractivity contribution >= 4 is 27.3 Å². The van der Waals surface area contributed by atoms with Gasteiger partial charge in [-0.15, -0.1) is 11.8 Å². The third-order valence-corrected chi connectivity index (χ3v) is 4.92. The first-order chi connectivity index (χ1) is 8.97. The molecule has 0 aliphatic carbocycles. The van der Waals surface area contributed by atoms with Gasteiger partial charge in [0.2, 0.25) is 0 Å². The van der Waals surface area contributed by atoms with Crippen LogP contribution in [0.1, 0.15) is 5.56 Å². The third kappa shape index (κ3) is 3.75. The number of anilines is 1. The van der Waals surface area contributed by atoms with Crippen LogP contribution in [0.3, 0.4) is 0 Å². The lowest BCUT2D eigenvalue weighted by Crippen LogP contribution is -1.99. The maximum atomic E-state index is 11.4. The number of nitrogens with two attached hydrogens (primary N) is 1. The van der Waals surface area contributed by atoms with Crippen molar-refractivity contribution in [1.29, 1.82) is 0 Å². The number of hydrogen-bond acceptors (Lipinski definition) is 4. The number of sulfone groups is 1. The Balaban J connectivity index is 2.14. The van der Waals surface area contributed by atoms with Gasteiger partial charge in [0, 0.05) is 22.6 Å². The molecule has 0 aliphatic rings. The normalized spacial score (nSPS) is 11.4. The monoisotopic (exact) mass is 293 g/mol. The van der Waals surface area contributed by atoms with E-state index >= 15 is 0 Å².